The molecule has 0 radical (unpaired) electrons. The van der Waals surface area contributed by atoms with E-state index in [9.17, 15) is 9.59 Å². The summed E-state index contributed by atoms with van der Waals surface area (Å²) in [6.45, 7) is 2.41. The molecule has 0 unspecified atom stereocenters. The zero-order chi connectivity index (χ0) is 22.6. The van der Waals surface area contributed by atoms with Crippen molar-refractivity contribution in [1.82, 2.24) is 10.7 Å². The molecule has 0 aliphatic carbocycles. The quantitative estimate of drug-likeness (QED) is 0.420. The fourth-order valence-corrected chi connectivity index (χ4v) is 2.58. The molecular formula is C22H27N3O6. The Morgan fingerprint density at radius 2 is 1.65 bits per heavy atom. The number of carbonyl (C=O) groups is 2. The van der Waals surface area contributed by atoms with E-state index in [2.05, 4.69) is 15.8 Å². The molecule has 2 amide bonds. The number of methoxy groups -OCH3 is 3. The Bertz CT molecular complexity index is 887. The lowest BCUT2D eigenvalue weighted by molar-refractivity contribution is -0.120. The van der Waals surface area contributed by atoms with Crippen LogP contribution in [0.25, 0.3) is 0 Å². The third-order valence-corrected chi connectivity index (χ3v) is 4.09. The lowest BCUT2D eigenvalue weighted by atomic mass is 10.2. The topological polar surface area (TPSA) is 107 Å². The van der Waals surface area contributed by atoms with E-state index in [1.54, 1.807) is 36.4 Å². The van der Waals surface area contributed by atoms with E-state index in [0.717, 1.165) is 6.42 Å². The molecule has 0 spiro atoms. The van der Waals surface area contributed by atoms with E-state index >= 15 is 0 Å². The Morgan fingerprint density at radius 1 is 1.00 bits per heavy atom. The van der Waals surface area contributed by atoms with Crippen LogP contribution in [0.5, 0.6) is 23.0 Å². The van der Waals surface area contributed by atoms with Crippen molar-refractivity contribution in [2.24, 2.45) is 5.10 Å². The molecule has 2 aromatic carbocycles. The Labute approximate surface area is 181 Å². The van der Waals surface area contributed by atoms with Crippen LogP contribution in [0.2, 0.25) is 0 Å². The number of carbonyl (C=O) groups excluding carboxylic acids is 2. The third-order valence-electron chi connectivity index (χ3n) is 4.09. The van der Waals surface area contributed by atoms with Crippen LogP contribution in [-0.4, -0.2) is 52.5 Å². The molecule has 9 nitrogen and oxygen atoms in total. The molecule has 0 aliphatic heterocycles. The van der Waals surface area contributed by atoms with Crippen LogP contribution in [0.4, 0.5) is 0 Å². The minimum atomic E-state index is -0.472. The fourth-order valence-electron chi connectivity index (χ4n) is 2.58. The second kappa shape index (κ2) is 12.1. The number of nitrogens with one attached hydrogen (secondary N) is 2. The summed E-state index contributed by atoms with van der Waals surface area (Å²) in [5.41, 5.74) is 3.41. The molecular weight excluding hydrogens is 402 g/mol. The van der Waals surface area contributed by atoms with Crippen molar-refractivity contribution in [2.45, 2.75) is 13.3 Å². The number of hydrazone groups is 1. The Morgan fingerprint density at radius 3 is 2.19 bits per heavy atom. The Hall–Kier alpha value is -3.75. The molecule has 0 aliphatic rings. The summed E-state index contributed by atoms with van der Waals surface area (Å²) < 4.78 is 21.3. The van der Waals surface area contributed by atoms with Crippen molar-refractivity contribution in [3.63, 3.8) is 0 Å². The summed E-state index contributed by atoms with van der Waals surface area (Å²) in [4.78, 5) is 24.1. The summed E-state index contributed by atoms with van der Waals surface area (Å²) in [6.07, 6.45) is 2.33. The lowest BCUT2D eigenvalue weighted by Gasteiger charge is -2.12. The van der Waals surface area contributed by atoms with Gasteiger partial charge in [0.05, 0.1) is 40.7 Å². The summed E-state index contributed by atoms with van der Waals surface area (Å²) in [5.74, 6) is 1.24. The van der Waals surface area contributed by atoms with E-state index in [4.69, 9.17) is 18.9 Å². The molecule has 0 fully saturated rings. The number of hydrogen-bond acceptors (Lipinski definition) is 7. The monoisotopic (exact) mass is 429 g/mol. The van der Waals surface area contributed by atoms with E-state index in [1.165, 1.54) is 27.5 Å². The van der Waals surface area contributed by atoms with Gasteiger partial charge in [0, 0.05) is 11.1 Å². The number of benzene rings is 2. The summed E-state index contributed by atoms with van der Waals surface area (Å²) in [7, 11) is 4.53. The first kappa shape index (κ1) is 23.5. The van der Waals surface area contributed by atoms with Crippen LogP contribution in [0.3, 0.4) is 0 Å². The van der Waals surface area contributed by atoms with Gasteiger partial charge in [-0.2, -0.15) is 5.10 Å². The van der Waals surface area contributed by atoms with E-state index < -0.39 is 5.91 Å². The highest BCUT2D eigenvalue weighted by molar-refractivity contribution is 5.96. The zero-order valence-corrected chi connectivity index (χ0v) is 18.1. The Kier molecular flexibility index (Phi) is 9.15. The van der Waals surface area contributed by atoms with Crippen LogP contribution >= 0.6 is 0 Å². The van der Waals surface area contributed by atoms with Crippen LogP contribution in [-0.2, 0) is 4.79 Å². The van der Waals surface area contributed by atoms with Gasteiger partial charge in [-0.1, -0.05) is 6.92 Å². The van der Waals surface area contributed by atoms with Crippen LogP contribution < -0.4 is 29.7 Å². The molecule has 0 saturated heterocycles. The van der Waals surface area contributed by atoms with Crippen LogP contribution in [0, 0.1) is 0 Å². The number of rotatable bonds is 11. The van der Waals surface area contributed by atoms with Gasteiger partial charge in [-0.3, -0.25) is 9.59 Å². The molecule has 0 bridgehead atoms. The molecule has 9 heteroatoms. The van der Waals surface area contributed by atoms with E-state index in [1.807, 2.05) is 6.92 Å². The van der Waals surface area contributed by atoms with Crippen molar-refractivity contribution in [3.8, 4) is 23.0 Å². The van der Waals surface area contributed by atoms with E-state index in [-0.39, 0.29) is 12.5 Å². The van der Waals surface area contributed by atoms with Gasteiger partial charge in [-0.25, -0.2) is 5.43 Å². The normalized spacial score (nSPS) is 10.5. The highest BCUT2D eigenvalue weighted by Crippen LogP contribution is 2.37. The van der Waals surface area contributed by atoms with Crippen molar-refractivity contribution in [2.75, 3.05) is 34.5 Å². The molecule has 2 aromatic rings. The molecule has 0 saturated carbocycles. The molecule has 2 N–H and O–H groups in total. The highest BCUT2D eigenvalue weighted by atomic mass is 16.5. The van der Waals surface area contributed by atoms with Gasteiger partial charge in [0.2, 0.25) is 5.75 Å². The van der Waals surface area contributed by atoms with Gasteiger partial charge in [0.1, 0.15) is 5.75 Å². The Balaban J connectivity index is 1.87. The van der Waals surface area contributed by atoms with Crippen molar-refractivity contribution in [3.05, 3.63) is 47.5 Å². The SMILES string of the molecule is CCCOc1ccc(C(=O)NCC(=O)N/N=C\c2cc(OC)c(OC)c(OC)c2)cc1. The molecule has 166 valence electrons. The predicted molar refractivity (Wildman–Crippen MR) is 116 cm³/mol. The molecule has 31 heavy (non-hydrogen) atoms. The van der Waals surface area contributed by atoms with Crippen molar-refractivity contribution >= 4 is 18.0 Å². The van der Waals surface area contributed by atoms with Gasteiger partial charge in [-0.15, -0.1) is 0 Å². The fraction of sp³-hybridized carbons (Fsp3) is 0.318. The van der Waals surface area contributed by atoms with Crippen LogP contribution in [0.1, 0.15) is 29.3 Å². The number of hydrogen-bond donors (Lipinski definition) is 2. The second-order valence-corrected chi connectivity index (χ2v) is 6.31. The van der Waals surface area contributed by atoms with Gasteiger partial charge < -0.3 is 24.3 Å². The van der Waals surface area contributed by atoms with Crippen molar-refractivity contribution < 1.29 is 28.5 Å². The highest BCUT2D eigenvalue weighted by Gasteiger charge is 2.12. The zero-order valence-electron chi connectivity index (χ0n) is 18.1. The van der Waals surface area contributed by atoms with Crippen molar-refractivity contribution in [1.29, 1.82) is 0 Å². The largest absolute Gasteiger partial charge is 0.494 e. The van der Waals surface area contributed by atoms with Gasteiger partial charge in [0.25, 0.3) is 11.8 Å². The third kappa shape index (κ3) is 6.91. The minimum absolute atomic E-state index is 0.223. The van der Waals surface area contributed by atoms with Gasteiger partial charge >= 0.3 is 0 Å². The maximum Gasteiger partial charge on any atom is 0.259 e. The molecule has 0 heterocycles. The van der Waals surface area contributed by atoms with Crippen LogP contribution in [0.15, 0.2) is 41.5 Å². The maximum absolute atomic E-state index is 12.2. The second-order valence-electron chi connectivity index (χ2n) is 6.31. The minimum Gasteiger partial charge on any atom is -0.494 e. The first-order valence-electron chi connectivity index (χ1n) is 9.65. The van der Waals surface area contributed by atoms with Gasteiger partial charge in [0.15, 0.2) is 11.5 Å². The molecule has 0 aromatic heterocycles. The lowest BCUT2D eigenvalue weighted by Crippen LogP contribution is -2.34. The standard InChI is InChI=1S/C22H27N3O6/c1-5-10-31-17-8-6-16(7-9-17)22(27)23-14-20(26)25-24-13-15-11-18(28-2)21(30-4)19(12-15)29-3/h6-9,11-13H,5,10,14H2,1-4H3,(H,23,27)(H,25,26)/b24-13-. The average Bonchev–Trinajstić information content (AvgIpc) is 2.80. The number of amides is 2. The maximum atomic E-state index is 12.2. The van der Waals surface area contributed by atoms with Gasteiger partial charge in [-0.05, 0) is 42.8 Å². The summed E-state index contributed by atoms with van der Waals surface area (Å²) in [5, 5.41) is 6.43. The first-order valence-corrected chi connectivity index (χ1v) is 9.65. The molecule has 0 atom stereocenters. The summed E-state index contributed by atoms with van der Waals surface area (Å²) in [6, 6.07) is 10.1. The molecule has 2 rings (SSSR count). The number of nitrogens with zero attached hydrogens (tertiary/aromatic N) is 1. The van der Waals surface area contributed by atoms with E-state index in [0.29, 0.717) is 40.7 Å². The summed E-state index contributed by atoms with van der Waals surface area (Å²) >= 11 is 0. The smallest absolute Gasteiger partial charge is 0.259 e. The average molecular weight is 429 g/mol. The first-order chi connectivity index (χ1) is 15.0. The number of ether oxygens (including phenoxy) is 4. The predicted octanol–water partition coefficient (Wildman–Crippen LogP) is 2.38.